The summed E-state index contributed by atoms with van der Waals surface area (Å²) >= 11 is 5.84. The summed E-state index contributed by atoms with van der Waals surface area (Å²) in [7, 11) is 0. The number of benzene rings is 1. The number of carbonyl (C=O) groups is 1. The van der Waals surface area contributed by atoms with Crippen molar-refractivity contribution in [3.8, 4) is 0 Å². The monoisotopic (exact) mass is 260 g/mol. The van der Waals surface area contributed by atoms with Gasteiger partial charge in [-0.2, -0.15) is 0 Å². The van der Waals surface area contributed by atoms with Crippen LogP contribution in [0.5, 0.6) is 0 Å². The lowest BCUT2D eigenvalue weighted by atomic mass is 10.1. The Morgan fingerprint density at radius 1 is 1.22 bits per heavy atom. The Bertz CT molecular complexity index is 528. The number of amides is 1. The van der Waals surface area contributed by atoms with E-state index in [4.69, 9.17) is 11.6 Å². The quantitative estimate of drug-likeness (QED) is 0.918. The maximum atomic E-state index is 11.7. The third-order valence-electron chi connectivity index (χ3n) is 2.45. The number of nitrogens with zero attached hydrogens (tertiary/aromatic N) is 1. The fraction of sp³-hybridized carbons (Fsp3) is 0.143. The van der Waals surface area contributed by atoms with Crippen LogP contribution in [0.3, 0.4) is 0 Å². The zero-order valence-electron chi connectivity index (χ0n) is 9.77. The predicted molar refractivity (Wildman–Crippen MR) is 71.2 cm³/mol. The molecule has 0 aliphatic rings. The highest BCUT2D eigenvalue weighted by molar-refractivity contribution is 6.30. The lowest BCUT2D eigenvalue weighted by Crippen LogP contribution is -2.24. The van der Waals surface area contributed by atoms with E-state index in [9.17, 15) is 4.79 Å². The minimum Gasteiger partial charge on any atom is -0.350 e. The first-order valence-corrected chi connectivity index (χ1v) is 6.03. The fourth-order valence-electron chi connectivity index (χ4n) is 1.58. The molecule has 0 saturated heterocycles. The van der Waals surface area contributed by atoms with Gasteiger partial charge in [0.15, 0.2) is 0 Å². The summed E-state index contributed by atoms with van der Waals surface area (Å²) in [4.78, 5) is 15.8. The van der Waals surface area contributed by atoms with Crippen molar-refractivity contribution < 1.29 is 4.79 Å². The smallest absolute Gasteiger partial charge is 0.224 e. The van der Waals surface area contributed by atoms with E-state index in [0.29, 0.717) is 18.0 Å². The molecule has 0 spiro atoms. The first kappa shape index (κ1) is 12.6. The van der Waals surface area contributed by atoms with Crippen LogP contribution in [0.2, 0.25) is 5.02 Å². The van der Waals surface area contributed by atoms with Gasteiger partial charge in [-0.25, -0.2) is 0 Å². The van der Waals surface area contributed by atoms with Crippen LogP contribution in [0.15, 0.2) is 48.7 Å². The van der Waals surface area contributed by atoms with Crippen LogP contribution >= 0.6 is 11.6 Å². The Morgan fingerprint density at radius 3 is 2.72 bits per heavy atom. The summed E-state index contributed by atoms with van der Waals surface area (Å²) in [6.45, 7) is 0.395. The van der Waals surface area contributed by atoms with Gasteiger partial charge in [-0.3, -0.25) is 9.78 Å². The van der Waals surface area contributed by atoms with E-state index in [-0.39, 0.29) is 5.91 Å². The van der Waals surface area contributed by atoms with Crippen LogP contribution < -0.4 is 5.32 Å². The summed E-state index contributed by atoms with van der Waals surface area (Å²) in [5.41, 5.74) is 1.75. The summed E-state index contributed by atoms with van der Waals surface area (Å²) in [6.07, 6.45) is 2.00. The van der Waals surface area contributed by atoms with E-state index in [1.165, 1.54) is 0 Å². The Balaban J connectivity index is 1.85. The van der Waals surface area contributed by atoms with Crippen molar-refractivity contribution in [1.29, 1.82) is 0 Å². The molecule has 1 aromatic heterocycles. The molecule has 1 heterocycles. The Labute approximate surface area is 111 Å². The summed E-state index contributed by atoms with van der Waals surface area (Å²) in [6, 6.07) is 13.1. The molecule has 2 rings (SSSR count). The second kappa shape index (κ2) is 6.17. The first-order valence-electron chi connectivity index (χ1n) is 5.65. The van der Waals surface area contributed by atoms with Crippen molar-refractivity contribution in [1.82, 2.24) is 10.3 Å². The lowest BCUT2D eigenvalue weighted by Gasteiger charge is -2.05. The lowest BCUT2D eigenvalue weighted by molar-refractivity contribution is -0.120. The molecular formula is C14H13ClN2O. The zero-order chi connectivity index (χ0) is 12.8. The number of hydrogen-bond donors (Lipinski definition) is 1. The van der Waals surface area contributed by atoms with Gasteiger partial charge in [0, 0.05) is 11.2 Å². The Hall–Kier alpha value is -1.87. The molecule has 4 heteroatoms. The Morgan fingerprint density at radius 2 is 2.00 bits per heavy atom. The molecule has 0 unspecified atom stereocenters. The zero-order valence-corrected chi connectivity index (χ0v) is 10.5. The maximum absolute atomic E-state index is 11.7. The number of carbonyl (C=O) groups excluding carboxylic acids is 1. The van der Waals surface area contributed by atoms with Crippen LogP contribution in [-0.2, 0) is 17.8 Å². The van der Waals surface area contributed by atoms with Crippen molar-refractivity contribution in [2.45, 2.75) is 13.0 Å². The SMILES string of the molecule is O=C(Cc1ccccc1)NCc1cc(Cl)ccn1. The number of hydrogen-bond acceptors (Lipinski definition) is 2. The highest BCUT2D eigenvalue weighted by Gasteiger charge is 2.03. The van der Waals surface area contributed by atoms with Gasteiger partial charge in [-0.15, -0.1) is 0 Å². The molecule has 92 valence electrons. The third kappa shape index (κ3) is 3.86. The molecule has 2 aromatic rings. The Kier molecular flexibility index (Phi) is 4.31. The van der Waals surface area contributed by atoms with Gasteiger partial charge in [-0.1, -0.05) is 41.9 Å². The van der Waals surface area contributed by atoms with Crippen molar-refractivity contribution in [2.75, 3.05) is 0 Å². The van der Waals surface area contributed by atoms with Gasteiger partial charge >= 0.3 is 0 Å². The van der Waals surface area contributed by atoms with Crippen molar-refractivity contribution in [3.05, 3.63) is 64.9 Å². The van der Waals surface area contributed by atoms with Crippen molar-refractivity contribution in [2.24, 2.45) is 0 Å². The van der Waals surface area contributed by atoms with Gasteiger partial charge in [0.05, 0.1) is 18.7 Å². The van der Waals surface area contributed by atoms with Gasteiger partial charge < -0.3 is 5.32 Å². The van der Waals surface area contributed by atoms with Crippen LogP contribution in [0, 0.1) is 0 Å². The third-order valence-corrected chi connectivity index (χ3v) is 2.69. The minimum absolute atomic E-state index is 0.0250. The van der Waals surface area contributed by atoms with E-state index < -0.39 is 0 Å². The van der Waals surface area contributed by atoms with Crippen molar-refractivity contribution in [3.63, 3.8) is 0 Å². The molecule has 0 aliphatic carbocycles. The molecule has 1 aromatic carbocycles. The normalized spacial score (nSPS) is 10.1. The average molecular weight is 261 g/mol. The summed E-state index contributed by atoms with van der Waals surface area (Å²) in [5.74, 6) is -0.0250. The van der Waals surface area contributed by atoms with E-state index in [0.717, 1.165) is 11.3 Å². The predicted octanol–water partition coefficient (Wildman–Crippen LogP) is 2.59. The molecular weight excluding hydrogens is 248 g/mol. The molecule has 1 N–H and O–H groups in total. The van der Waals surface area contributed by atoms with E-state index in [2.05, 4.69) is 10.3 Å². The van der Waals surface area contributed by atoms with E-state index >= 15 is 0 Å². The topological polar surface area (TPSA) is 42.0 Å². The largest absolute Gasteiger partial charge is 0.350 e. The molecule has 0 bridgehead atoms. The van der Waals surface area contributed by atoms with Crippen LogP contribution in [0.25, 0.3) is 0 Å². The number of pyridine rings is 1. The maximum Gasteiger partial charge on any atom is 0.224 e. The van der Waals surface area contributed by atoms with Crippen LogP contribution in [-0.4, -0.2) is 10.9 Å². The van der Waals surface area contributed by atoms with Crippen LogP contribution in [0.1, 0.15) is 11.3 Å². The second-order valence-corrected chi connectivity index (χ2v) is 4.34. The average Bonchev–Trinajstić information content (AvgIpc) is 2.38. The summed E-state index contributed by atoms with van der Waals surface area (Å²) in [5, 5.41) is 3.44. The van der Waals surface area contributed by atoms with Gasteiger partial charge in [-0.05, 0) is 17.7 Å². The molecule has 1 amide bonds. The number of nitrogens with one attached hydrogen (secondary N) is 1. The minimum atomic E-state index is -0.0250. The van der Waals surface area contributed by atoms with Gasteiger partial charge in [0.1, 0.15) is 0 Å². The van der Waals surface area contributed by atoms with E-state index in [1.54, 1.807) is 18.3 Å². The number of halogens is 1. The molecule has 0 saturated carbocycles. The van der Waals surface area contributed by atoms with Crippen molar-refractivity contribution >= 4 is 17.5 Å². The molecule has 0 fully saturated rings. The highest BCUT2D eigenvalue weighted by atomic mass is 35.5. The number of rotatable bonds is 4. The second-order valence-electron chi connectivity index (χ2n) is 3.90. The molecule has 0 radical (unpaired) electrons. The van der Waals surface area contributed by atoms with E-state index in [1.807, 2.05) is 30.3 Å². The fourth-order valence-corrected chi connectivity index (χ4v) is 1.76. The molecule has 3 nitrogen and oxygen atoms in total. The molecule has 18 heavy (non-hydrogen) atoms. The highest BCUT2D eigenvalue weighted by Crippen LogP contribution is 2.07. The first-order chi connectivity index (χ1) is 8.74. The standard InChI is InChI=1S/C14H13ClN2O/c15-12-6-7-16-13(9-12)10-17-14(18)8-11-4-2-1-3-5-11/h1-7,9H,8,10H2,(H,17,18). The summed E-state index contributed by atoms with van der Waals surface area (Å²) < 4.78 is 0. The van der Waals surface area contributed by atoms with Gasteiger partial charge in [0.25, 0.3) is 0 Å². The molecule has 0 aliphatic heterocycles. The molecule has 0 atom stereocenters. The number of aromatic nitrogens is 1. The van der Waals surface area contributed by atoms with Gasteiger partial charge in [0.2, 0.25) is 5.91 Å². The van der Waals surface area contributed by atoms with Crippen LogP contribution in [0.4, 0.5) is 0 Å².